The zero-order valence-corrected chi connectivity index (χ0v) is 32.4. The summed E-state index contributed by atoms with van der Waals surface area (Å²) < 4.78 is 0. The molecule has 0 saturated heterocycles. The molecule has 0 saturated carbocycles. The number of hydrogen-bond acceptors (Lipinski definition) is 5. The van der Waals surface area contributed by atoms with E-state index in [2.05, 4.69) is 27.7 Å². The lowest BCUT2D eigenvalue weighted by Gasteiger charge is -2.35. The van der Waals surface area contributed by atoms with Crippen molar-refractivity contribution in [2.75, 3.05) is 20.1 Å². The van der Waals surface area contributed by atoms with Crippen molar-refractivity contribution in [3.63, 3.8) is 0 Å². The first-order chi connectivity index (χ1) is 25.2. The predicted octanol–water partition coefficient (Wildman–Crippen LogP) is 6.67. The molecule has 9 nitrogen and oxygen atoms in total. The van der Waals surface area contributed by atoms with Gasteiger partial charge >= 0.3 is 5.97 Å². The van der Waals surface area contributed by atoms with Gasteiger partial charge in [-0.2, -0.15) is 0 Å². The monoisotopic (exact) mass is 740 g/mol. The van der Waals surface area contributed by atoms with Crippen LogP contribution in [0.2, 0.25) is 5.02 Å². The van der Waals surface area contributed by atoms with E-state index in [0.29, 0.717) is 30.1 Å². The maximum Gasteiger partial charge on any atom is 0.326 e. The van der Waals surface area contributed by atoms with Gasteiger partial charge in [-0.05, 0) is 65.8 Å². The molecule has 0 aromatic heterocycles. The third-order valence-electron chi connectivity index (χ3n) is 9.42. The van der Waals surface area contributed by atoms with E-state index in [1.165, 1.54) is 0 Å². The average Bonchev–Trinajstić information content (AvgIpc) is 3.10. The number of amides is 3. The van der Waals surface area contributed by atoms with E-state index < -0.39 is 41.8 Å². The molecule has 0 radical (unpaired) electrons. The van der Waals surface area contributed by atoms with Crippen molar-refractivity contribution < 1.29 is 24.3 Å². The molecule has 4 rings (SSSR count). The Kier molecular flexibility index (Phi) is 15.0. The Morgan fingerprint density at radius 2 is 1.45 bits per heavy atom. The quantitative estimate of drug-likeness (QED) is 0.105. The van der Waals surface area contributed by atoms with Crippen LogP contribution in [-0.4, -0.2) is 76.9 Å². The Balaban J connectivity index is 1.68. The van der Waals surface area contributed by atoms with Gasteiger partial charge in [0, 0.05) is 31.1 Å². The largest absolute Gasteiger partial charge is 0.480 e. The molecule has 4 aromatic carbocycles. The molecule has 53 heavy (non-hydrogen) atoms. The summed E-state index contributed by atoms with van der Waals surface area (Å²) in [5.74, 6) is -2.88. The van der Waals surface area contributed by atoms with Crippen molar-refractivity contribution in [3.05, 3.63) is 118 Å². The van der Waals surface area contributed by atoms with E-state index >= 15 is 0 Å². The molecular formula is C43H53ClN4O5. The first kappa shape index (κ1) is 41.0. The van der Waals surface area contributed by atoms with Gasteiger partial charge in [0.25, 0.3) is 0 Å². The fourth-order valence-corrected chi connectivity index (χ4v) is 6.80. The zero-order chi connectivity index (χ0) is 38.7. The molecule has 3 unspecified atom stereocenters. The Labute approximate surface area is 318 Å². The average molecular weight is 741 g/mol. The number of halogens is 1. The minimum Gasteiger partial charge on any atom is -0.480 e. The Morgan fingerprint density at radius 1 is 0.792 bits per heavy atom. The maximum absolute atomic E-state index is 14.6. The smallest absolute Gasteiger partial charge is 0.326 e. The van der Waals surface area contributed by atoms with Crippen LogP contribution in [0.4, 0.5) is 0 Å². The lowest BCUT2D eigenvalue weighted by atomic mass is 9.96. The molecule has 0 spiro atoms. The highest BCUT2D eigenvalue weighted by Crippen LogP contribution is 2.22. The normalized spacial score (nSPS) is 13.2. The summed E-state index contributed by atoms with van der Waals surface area (Å²) in [6.45, 7) is 10.9. The Bertz CT molecular complexity index is 1870. The summed E-state index contributed by atoms with van der Waals surface area (Å²) in [6.07, 6.45) is 0.455. The Hall–Kier alpha value is -4.73. The lowest BCUT2D eigenvalue weighted by molar-refractivity contribution is -0.144. The number of fused-ring (bicyclic) bond motifs is 1. The second-order valence-corrected chi connectivity index (χ2v) is 15.1. The molecule has 0 heterocycles. The number of carbonyl (C=O) groups excluding carboxylic acids is 3. The molecule has 10 heteroatoms. The van der Waals surface area contributed by atoms with Crippen LogP contribution in [0.5, 0.6) is 0 Å². The van der Waals surface area contributed by atoms with Crippen LogP contribution >= 0.6 is 11.6 Å². The van der Waals surface area contributed by atoms with Gasteiger partial charge in [-0.25, -0.2) is 4.79 Å². The number of nitrogens with one attached hydrogen (secondary N) is 2. The summed E-state index contributed by atoms with van der Waals surface area (Å²) >= 11 is 6.49. The van der Waals surface area contributed by atoms with Crippen LogP contribution in [-0.2, 0) is 38.6 Å². The third-order valence-corrected chi connectivity index (χ3v) is 9.79. The van der Waals surface area contributed by atoms with E-state index in [-0.39, 0.29) is 31.2 Å². The van der Waals surface area contributed by atoms with Crippen LogP contribution < -0.4 is 10.6 Å². The van der Waals surface area contributed by atoms with Crippen LogP contribution in [0, 0.1) is 18.8 Å². The maximum atomic E-state index is 14.6. The van der Waals surface area contributed by atoms with Crippen LogP contribution in [0.25, 0.3) is 10.8 Å². The molecule has 4 aromatic rings. The highest BCUT2D eigenvalue weighted by atomic mass is 35.5. The van der Waals surface area contributed by atoms with E-state index in [9.17, 15) is 24.3 Å². The standard InChI is InChI=1S/C43H53ClN4O5/c1-28(2)23-38(48(39(49)26-34-16-8-10-20-36(34)44)22-21-47(6)27-31-14-11-13-30(5)24-31)42(51)45-37(41(50)46-40(29(3)4)43(52)53)25-33-18-12-17-32-15-7-9-19-35(32)33/h7-20,24,28-29,37-38,40H,21-23,25-27H2,1-6H3,(H,45,51)(H,46,50)(H,52,53). The van der Waals surface area contributed by atoms with Crippen molar-refractivity contribution in [1.29, 1.82) is 0 Å². The van der Waals surface area contributed by atoms with Gasteiger partial charge in [0.1, 0.15) is 18.1 Å². The van der Waals surface area contributed by atoms with Gasteiger partial charge in [0.05, 0.1) is 6.42 Å². The van der Waals surface area contributed by atoms with Crippen molar-refractivity contribution in [2.45, 2.75) is 78.6 Å². The van der Waals surface area contributed by atoms with Crippen LogP contribution in [0.1, 0.15) is 56.4 Å². The number of likely N-dealkylation sites (N-methyl/N-ethyl adjacent to an activating group) is 1. The SMILES string of the molecule is Cc1cccc(CN(C)CCN(C(=O)Cc2ccccc2Cl)C(CC(C)C)C(=O)NC(Cc2cccc3ccccc23)C(=O)NC(C(=O)O)C(C)C)c1. The summed E-state index contributed by atoms with van der Waals surface area (Å²) in [7, 11) is 1.98. The molecule has 0 aliphatic heterocycles. The first-order valence-corrected chi connectivity index (χ1v) is 18.7. The first-order valence-electron chi connectivity index (χ1n) is 18.3. The van der Waals surface area contributed by atoms with E-state index in [1.54, 1.807) is 36.9 Å². The zero-order valence-electron chi connectivity index (χ0n) is 31.6. The van der Waals surface area contributed by atoms with Gasteiger partial charge in [-0.3, -0.25) is 14.4 Å². The van der Waals surface area contributed by atoms with Crippen molar-refractivity contribution >= 4 is 46.1 Å². The van der Waals surface area contributed by atoms with Crippen LogP contribution in [0.15, 0.2) is 91.0 Å². The number of carboxylic acid groups (broad SMARTS) is 1. The molecule has 3 atom stereocenters. The molecular weight excluding hydrogens is 688 g/mol. The highest BCUT2D eigenvalue weighted by molar-refractivity contribution is 6.31. The minimum atomic E-state index is -1.16. The van der Waals surface area contributed by atoms with E-state index in [0.717, 1.165) is 27.5 Å². The fourth-order valence-electron chi connectivity index (χ4n) is 6.60. The number of hydrogen-bond donors (Lipinski definition) is 3. The third kappa shape index (κ3) is 11.9. The topological polar surface area (TPSA) is 119 Å². The summed E-state index contributed by atoms with van der Waals surface area (Å²) in [6, 6.07) is 25.8. The molecule has 282 valence electrons. The van der Waals surface area contributed by atoms with Crippen molar-refractivity contribution in [2.24, 2.45) is 11.8 Å². The number of carbonyl (C=O) groups is 4. The van der Waals surface area contributed by atoms with E-state index in [1.807, 2.05) is 88.5 Å². The number of benzene rings is 4. The molecule has 3 N–H and O–H groups in total. The van der Waals surface area contributed by atoms with Gasteiger partial charge in [0.15, 0.2) is 0 Å². The minimum absolute atomic E-state index is 0.00224. The van der Waals surface area contributed by atoms with Gasteiger partial charge < -0.3 is 25.5 Å². The molecule has 0 bridgehead atoms. The summed E-state index contributed by atoms with van der Waals surface area (Å²) in [4.78, 5) is 58.7. The fraction of sp³-hybridized carbons (Fsp3) is 0.395. The molecule has 0 aliphatic rings. The van der Waals surface area contributed by atoms with Crippen molar-refractivity contribution in [1.82, 2.24) is 20.4 Å². The second kappa shape index (κ2) is 19.4. The number of nitrogens with zero attached hydrogens (tertiary/aromatic N) is 2. The molecule has 0 aliphatic carbocycles. The summed E-state index contributed by atoms with van der Waals surface area (Å²) in [5, 5.41) is 17.9. The molecule has 0 fully saturated rings. The number of aliphatic carboxylic acids is 1. The van der Waals surface area contributed by atoms with Crippen molar-refractivity contribution in [3.8, 4) is 0 Å². The Morgan fingerprint density at radius 3 is 2.13 bits per heavy atom. The van der Waals surface area contributed by atoms with Crippen LogP contribution in [0.3, 0.4) is 0 Å². The van der Waals surface area contributed by atoms with Gasteiger partial charge in [0.2, 0.25) is 17.7 Å². The van der Waals surface area contributed by atoms with Gasteiger partial charge in [-0.15, -0.1) is 0 Å². The van der Waals surface area contributed by atoms with Gasteiger partial charge in [-0.1, -0.05) is 130 Å². The number of carboxylic acids is 1. The number of aryl methyl sites for hydroxylation is 1. The molecule has 3 amide bonds. The van der Waals surface area contributed by atoms with E-state index in [4.69, 9.17) is 11.6 Å². The highest BCUT2D eigenvalue weighted by Gasteiger charge is 2.35. The lowest BCUT2D eigenvalue weighted by Crippen LogP contribution is -2.58. The predicted molar refractivity (Wildman–Crippen MR) is 212 cm³/mol. The second-order valence-electron chi connectivity index (χ2n) is 14.7. The summed E-state index contributed by atoms with van der Waals surface area (Å²) in [5.41, 5.74) is 3.78. The number of rotatable bonds is 18.